The number of aromatic amines is 1. The number of nitrogens with one attached hydrogen (secondary N) is 1. The molecule has 0 aliphatic rings. The van der Waals surface area contributed by atoms with Crippen LogP contribution in [0.4, 0.5) is 0 Å². The highest BCUT2D eigenvalue weighted by Crippen LogP contribution is 2.18. The maximum Gasteiger partial charge on any atom is 0.176 e. The van der Waals surface area contributed by atoms with Crippen molar-refractivity contribution in [3.8, 4) is 0 Å². The molecule has 2 nitrogen and oxygen atoms in total. The SMILES string of the molecule is BrSc1ncc[nH]1. The zero-order valence-corrected chi connectivity index (χ0v) is 5.79. The van der Waals surface area contributed by atoms with Crippen molar-refractivity contribution in [2.75, 3.05) is 0 Å². The third-order valence-corrected chi connectivity index (χ3v) is 1.84. The first-order chi connectivity index (χ1) is 3.43. The summed E-state index contributed by atoms with van der Waals surface area (Å²) in [5.74, 6) is 0. The summed E-state index contributed by atoms with van der Waals surface area (Å²) < 4.78 is 0. The van der Waals surface area contributed by atoms with Gasteiger partial charge in [0, 0.05) is 12.4 Å². The van der Waals surface area contributed by atoms with Crippen LogP contribution < -0.4 is 0 Å². The fourth-order valence-corrected chi connectivity index (χ4v) is 1.04. The molecule has 0 unspecified atom stereocenters. The summed E-state index contributed by atoms with van der Waals surface area (Å²) in [6.07, 6.45) is 3.49. The second kappa shape index (κ2) is 2.37. The van der Waals surface area contributed by atoms with E-state index in [9.17, 15) is 0 Å². The maximum absolute atomic E-state index is 3.90. The molecule has 0 fully saturated rings. The molecule has 1 aromatic heterocycles. The topological polar surface area (TPSA) is 28.7 Å². The summed E-state index contributed by atoms with van der Waals surface area (Å²) in [6.45, 7) is 0. The van der Waals surface area contributed by atoms with Crippen LogP contribution in [0.5, 0.6) is 0 Å². The molecular weight excluding hydrogens is 176 g/mol. The Morgan fingerprint density at radius 3 is 3.00 bits per heavy atom. The number of halogens is 1. The normalized spacial score (nSPS) is 9.29. The minimum Gasteiger partial charge on any atom is -0.339 e. The molecule has 0 saturated heterocycles. The molecule has 0 amide bonds. The number of aromatic nitrogens is 2. The van der Waals surface area contributed by atoms with E-state index in [1.54, 1.807) is 12.4 Å². The first-order valence-corrected chi connectivity index (χ1v) is 4.37. The van der Waals surface area contributed by atoms with Crippen molar-refractivity contribution in [3.63, 3.8) is 0 Å². The second-order valence-electron chi connectivity index (χ2n) is 0.971. The van der Waals surface area contributed by atoms with E-state index < -0.39 is 0 Å². The summed E-state index contributed by atoms with van der Waals surface area (Å²) in [5.41, 5.74) is 0. The highest BCUT2D eigenvalue weighted by atomic mass is 79.9. The van der Waals surface area contributed by atoms with E-state index >= 15 is 0 Å². The van der Waals surface area contributed by atoms with Crippen LogP contribution in [0.25, 0.3) is 0 Å². The van der Waals surface area contributed by atoms with Crippen LogP contribution in [0.2, 0.25) is 0 Å². The standard InChI is InChI=1S/C3H3BrN2S/c4-7-3-5-1-2-6-3/h1-2H,(H,5,6). The Bertz CT molecular complexity index is 127. The van der Waals surface area contributed by atoms with E-state index in [0.717, 1.165) is 5.16 Å². The van der Waals surface area contributed by atoms with E-state index in [2.05, 4.69) is 24.8 Å². The van der Waals surface area contributed by atoms with Gasteiger partial charge in [-0.3, -0.25) is 0 Å². The Kier molecular flexibility index (Phi) is 1.76. The van der Waals surface area contributed by atoms with Crippen molar-refractivity contribution in [1.82, 2.24) is 9.97 Å². The number of imidazole rings is 1. The van der Waals surface area contributed by atoms with Gasteiger partial charge in [0.25, 0.3) is 0 Å². The maximum atomic E-state index is 3.90. The van der Waals surface area contributed by atoms with Gasteiger partial charge in [0.2, 0.25) is 0 Å². The first-order valence-electron chi connectivity index (χ1n) is 1.71. The lowest BCUT2D eigenvalue weighted by atomic mass is 11.0. The van der Waals surface area contributed by atoms with Gasteiger partial charge in [-0.05, 0) is 25.0 Å². The van der Waals surface area contributed by atoms with Crippen LogP contribution >= 0.6 is 25.0 Å². The van der Waals surface area contributed by atoms with Crippen molar-refractivity contribution in [2.24, 2.45) is 0 Å². The number of hydrogen-bond donors (Lipinski definition) is 1. The number of hydrogen-bond acceptors (Lipinski definition) is 2. The molecule has 0 atom stereocenters. The lowest BCUT2D eigenvalue weighted by molar-refractivity contribution is 1.07. The molecule has 7 heavy (non-hydrogen) atoms. The van der Waals surface area contributed by atoms with Crippen LogP contribution in [0.1, 0.15) is 0 Å². The molecule has 4 heteroatoms. The molecule has 0 spiro atoms. The summed E-state index contributed by atoms with van der Waals surface area (Å²) in [5, 5.41) is 0.889. The van der Waals surface area contributed by atoms with E-state index in [0.29, 0.717) is 0 Å². The summed E-state index contributed by atoms with van der Waals surface area (Å²) in [6, 6.07) is 0. The second-order valence-corrected chi connectivity index (χ2v) is 2.48. The van der Waals surface area contributed by atoms with Gasteiger partial charge in [0.1, 0.15) is 0 Å². The van der Waals surface area contributed by atoms with E-state index in [1.807, 2.05) is 0 Å². The van der Waals surface area contributed by atoms with Gasteiger partial charge in [0.15, 0.2) is 5.16 Å². The summed E-state index contributed by atoms with van der Waals surface area (Å²) in [4.78, 5) is 6.79. The quantitative estimate of drug-likeness (QED) is 0.712. The van der Waals surface area contributed by atoms with Gasteiger partial charge < -0.3 is 4.98 Å². The third kappa shape index (κ3) is 1.21. The lowest BCUT2D eigenvalue weighted by Crippen LogP contribution is -1.62. The average molecular weight is 179 g/mol. The lowest BCUT2D eigenvalue weighted by Gasteiger charge is -1.76. The zero-order valence-electron chi connectivity index (χ0n) is 3.39. The van der Waals surface area contributed by atoms with Crippen LogP contribution in [0.15, 0.2) is 17.6 Å². The Balaban J connectivity index is 2.76. The smallest absolute Gasteiger partial charge is 0.176 e. The van der Waals surface area contributed by atoms with Crippen LogP contribution in [-0.4, -0.2) is 9.97 Å². The van der Waals surface area contributed by atoms with E-state index in [-0.39, 0.29) is 0 Å². The number of nitrogens with zero attached hydrogens (tertiary/aromatic N) is 1. The molecule has 1 N–H and O–H groups in total. The van der Waals surface area contributed by atoms with Gasteiger partial charge in [-0.2, -0.15) is 0 Å². The fraction of sp³-hybridized carbons (Fsp3) is 0. The minimum absolute atomic E-state index is 0.889. The van der Waals surface area contributed by atoms with Crippen molar-refractivity contribution in [3.05, 3.63) is 12.4 Å². The minimum atomic E-state index is 0.889. The Labute approximate surface area is 52.9 Å². The Morgan fingerprint density at radius 2 is 2.71 bits per heavy atom. The third-order valence-electron chi connectivity index (χ3n) is 0.546. The van der Waals surface area contributed by atoms with Gasteiger partial charge in [-0.25, -0.2) is 4.98 Å². The molecule has 0 bridgehead atoms. The summed E-state index contributed by atoms with van der Waals surface area (Å²) in [7, 11) is 1.42. The zero-order chi connectivity index (χ0) is 5.11. The predicted octanol–water partition coefficient (Wildman–Crippen LogP) is 1.81. The molecule has 0 aliphatic heterocycles. The molecule has 0 aromatic carbocycles. The Morgan fingerprint density at radius 1 is 1.86 bits per heavy atom. The van der Waals surface area contributed by atoms with Crippen LogP contribution in [0, 0.1) is 0 Å². The van der Waals surface area contributed by atoms with E-state index in [4.69, 9.17) is 0 Å². The number of H-pyrrole nitrogens is 1. The molecule has 0 radical (unpaired) electrons. The largest absolute Gasteiger partial charge is 0.339 e. The Hall–Kier alpha value is 0.0400. The van der Waals surface area contributed by atoms with Crippen molar-refractivity contribution < 1.29 is 0 Å². The van der Waals surface area contributed by atoms with Gasteiger partial charge in [-0.15, -0.1) is 0 Å². The molecule has 1 heterocycles. The predicted molar refractivity (Wildman–Crippen MR) is 33.4 cm³/mol. The highest BCUT2D eigenvalue weighted by Gasteiger charge is 1.85. The molecule has 0 aliphatic carbocycles. The molecule has 0 saturated carbocycles. The van der Waals surface area contributed by atoms with Gasteiger partial charge >= 0.3 is 0 Å². The molecular formula is C3H3BrN2S. The molecule has 1 rings (SSSR count). The van der Waals surface area contributed by atoms with Gasteiger partial charge in [-0.1, -0.05) is 0 Å². The monoisotopic (exact) mass is 178 g/mol. The van der Waals surface area contributed by atoms with Crippen molar-refractivity contribution >= 4 is 25.0 Å². The molecule has 1 aromatic rings. The molecule has 38 valence electrons. The first kappa shape index (κ1) is 5.18. The fourth-order valence-electron chi connectivity index (χ4n) is 0.293. The van der Waals surface area contributed by atoms with Crippen molar-refractivity contribution in [1.29, 1.82) is 0 Å². The highest BCUT2D eigenvalue weighted by molar-refractivity contribution is 9.50. The van der Waals surface area contributed by atoms with Crippen LogP contribution in [0.3, 0.4) is 0 Å². The van der Waals surface area contributed by atoms with Gasteiger partial charge in [0.05, 0.1) is 0 Å². The summed E-state index contributed by atoms with van der Waals surface area (Å²) >= 11 is 3.16. The van der Waals surface area contributed by atoms with E-state index in [1.165, 1.54) is 10.2 Å². The van der Waals surface area contributed by atoms with Crippen molar-refractivity contribution in [2.45, 2.75) is 5.16 Å². The average Bonchev–Trinajstić information content (AvgIpc) is 2.14. The van der Waals surface area contributed by atoms with Crippen LogP contribution in [-0.2, 0) is 0 Å². The number of rotatable bonds is 1.